The van der Waals surface area contributed by atoms with Crippen LogP contribution < -0.4 is 0 Å². The molecule has 20 heavy (non-hydrogen) atoms. The van der Waals surface area contributed by atoms with Gasteiger partial charge in [-0.05, 0) is 70.8 Å². The highest BCUT2D eigenvalue weighted by Gasteiger charge is 2.35. The van der Waals surface area contributed by atoms with Crippen molar-refractivity contribution in [1.29, 1.82) is 0 Å². The quantitative estimate of drug-likeness (QED) is 0.718. The van der Waals surface area contributed by atoms with E-state index >= 15 is 0 Å². The van der Waals surface area contributed by atoms with Gasteiger partial charge in [-0.3, -0.25) is 0 Å². The van der Waals surface area contributed by atoms with Crippen LogP contribution in [0.4, 0.5) is 0 Å². The van der Waals surface area contributed by atoms with Crippen molar-refractivity contribution in [2.75, 3.05) is 12.8 Å². The molecule has 2 aromatic carbocycles. The smallest absolute Gasteiger partial charge is 0.116 e. The van der Waals surface area contributed by atoms with Gasteiger partial charge in [0, 0.05) is 6.16 Å². The topological polar surface area (TPSA) is 37.3 Å². The molecule has 102 valence electrons. The number of hydrogen-bond acceptors (Lipinski definition) is 2. The summed E-state index contributed by atoms with van der Waals surface area (Å²) >= 11 is 0. The Labute approximate surface area is 118 Å². The molecule has 0 saturated heterocycles. The SMILES string of the molecule is CP1(=O)CCC2=C1CCc1c2ccc2cc(O)ccc12. The summed E-state index contributed by atoms with van der Waals surface area (Å²) in [7, 11) is -2.06. The highest BCUT2D eigenvalue weighted by Crippen LogP contribution is 2.63. The van der Waals surface area contributed by atoms with E-state index in [2.05, 4.69) is 12.1 Å². The number of phenols is 1. The van der Waals surface area contributed by atoms with Crippen molar-refractivity contribution < 1.29 is 9.67 Å². The van der Waals surface area contributed by atoms with Gasteiger partial charge < -0.3 is 9.67 Å². The van der Waals surface area contributed by atoms with Crippen molar-refractivity contribution in [3.63, 3.8) is 0 Å². The first kappa shape index (κ1) is 12.2. The molecule has 0 aromatic heterocycles. The standard InChI is InChI=1S/C17H17O2P/c1-20(19)9-8-16-15-4-2-11-10-12(18)3-5-13(11)14(15)6-7-17(16)20/h2-5,10,18H,6-9H2,1H3. The zero-order chi connectivity index (χ0) is 13.9. The number of fused-ring (bicyclic) bond motifs is 4. The number of aromatic hydroxyl groups is 1. The third-order valence-corrected chi connectivity index (χ3v) is 7.47. The molecule has 1 atom stereocenters. The summed E-state index contributed by atoms with van der Waals surface area (Å²) in [6.45, 7) is 1.94. The first-order valence-electron chi connectivity index (χ1n) is 7.10. The van der Waals surface area contributed by atoms with Crippen LogP contribution in [0.15, 0.2) is 35.6 Å². The number of hydrogen-bond donors (Lipinski definition) is 1. The van der Waals surface area contributed by atoms with E-state index < -0.39 is 7.14 Å². The lowest BCUT2D eigenvalue weighted by Crippen LogP contribution is -2.02. The second-order valence-corrected chi connectivity index (χ2v) is 9.19. The summed E-state index contributed by atoms with van der Waals surface area (Å²) in [6.07, 6.45) is 3.70. The zero-order valence-electron chi connectivity index (χ0n) is 11.5. The van der Waals surface area contributed by atoms with E-state index in [9.17, 15) is 9.67 Å². The van der Waals surface area contributed by atoms with Crippen LogP contribution in [-0.4, -0.2) is 17.9 Å². The predicted octanol–water partition coefficient (Wildman–Crippen LogP) is 4.60. The molecule has 2 aromatic rings. The summed E-state index contributed by atoms with van der Waals surface area (Å²) in [6, 6.07) is 9.81. The molecule has 0 amide bonds. The number of rotatable bonds is 0. The van der Waals surface area contributed by atoms with Crippen LogP contribution in [0.5, 0.6) is 5.75 Å². The summed E-state index contributed by atoms with van der Waals surface area (Å²) in [4.78, 5) is 0. The van der Waals surface area contributed by atoms with E-state index in [4.69, 9.17) is 0 Å². The number of phenolic OH excluding ortho intramolecular Hbond substituents is 1. The molecule has 0 spiro atoms. The fourth-order valence-corrected chi connectivity index (χ4v) is 6.05. The first-order chi connectivity index (χ1) is 9.56. The van der Waals surface area contributed by atoms with Gasteiger partial charge in [-0.1, -0.05) is 18.2 Å². The lowest BCUT2D eigenvalue weighted by atomic mass is 9.86. The third kappa shape index (κ3) is 1.61. The molecule has 2 nitrogen and oxygen atoms in total. The maximum atomic E-state index is 12.6. The van der Waals surface area contributed by atoms with Gasteiger partial charge >= 0.3 is 0 Å². The van der Waals surface area contributed by atoms with Gasteiger partial charge in [-0.15, -0.1) is 0 Å². The summed E-state index contributed by atoms with van der Waals surface area (Å²) in [5.74, 6) is 0.312. The van der Waals surface area contributed by atoms with Gasteiger partial charge in [0.05, 0.1) is 0 Å². The molecule has 0 bridgehead atoms. The van der Waals surface area contributed by atoms with Gasteiger partial charge in [0.15, 0.2) is 0 Å². The maximum absolute atomic E-state index is 12.6. The van der Waals surface area contributed by atoms with Crippen molar-refractivity contribution in [1.82, 2.24) is 0 Å². The van der Waals surface area contributed by atoms with E-state index in [0.717, 1.165) is 30.8 Å². The molecule has 0 radical (unpaired) electrons. The van der Waals surface area contributed by atoms with Crippen LogP contribution in [0.3, 0.4) is 0 Å². The largest absolute Gasteiger partial charge is 0.508 e. The Kier molecular flexibility index (Phi) is 2.44. The van der Waals surface area contributed by atoms with Gasteiger partial charge in [0.25, 0.3) is 0 Å². The van der Waals surface area contributed by atoms with E-state index in [1.54, 1.807) is 6.07 Å². The minimum atomic E-state index is -2.06. The van der Waals surface area contributed by atoms with E-state index in [1.165, 1.54) is 27.4 Å². The van der Waals surface area contributed by atoms with Gasteiger partial charge in [-0.2, -0.15) is 0 Å². The molecular weight excluding hydrogens is 267 g/mol. The van der Waals surface area contributed by atoms with Crippen molar-refractivity contribution in [2.45, 2.75) is 19.3 Å². The van der Waals surface area contributed by atoms with Gasteiger partial charge in [0.2, 0.25) is 0 Å². The second kappa shape index (κ2) is 3.99. The monoisotopic (exact) mass is 284 g/mol. The zero-order valence-corrected chi connectivity index (χ0v) is 12.4. The minimum absolute atomic E-state index is 0.312. The maximum Gasteiger partial charge on any atom is 0.116 e. The third-order valence-electron chi connectivity index (χ3n) is 4.76. The summed E-state index contributed by atoms with van der Waals surface area (Å²) in [5, 5.41) is 13.2. The minimum Gasteiger partial charge on any atom is -0.508 e. The number of aryl methyl sites for hydroxylation is 1. The highest BCUT2D eigenvalue weighted by atomic mass is 31.2. The molecule has 0 saturated carbocycles. The molecule has 1 aliphatic heterocycles. The van der Waals surface area contributed by atoms with Crippen LogP contribution in [0.2, 0.25) is 0 Å². The van der Waals surface area contributed by atoms with Crippen molar-refractivity contribution >= 4 is 23.5 Å². The molecule has 1 N–H and O–H groups in total. The Balaban J connectivity index is 2.00. The van der Waals surface area contributed by atoms with Crippen LogP contribution in [-0.2, 0) is 11.0 Å². The second-order valence-electron chi connectivity index (χ2n) is 6.00. The Morgan fingerprint density at radius 3 is 2.80 bits per heavy atom. The molecule has 0 fully saturated rings. The average molecular weight is 284 g/mol. The van der Waals surface area contributed by atoms with Crippen molar-refractivity contribution in [3.05, 3.63) is 46.8 Å². The lowest BCUT2D eigenvalue weighted by Gasteiger charge is -2.22. The Morgan fingerprint density at radius 1 is 1.10 bits per heavy atom. The fraction of sp³-hybridized carbons (Fsp3) is 0.294. The summed E-state index contributed by atoms with van der Waals surface area (Å²) < 4.78 is 12.6. The Bertz CT molecular complexity index is 817. The van der Waals surface area contributed by atoms with E-state index in [0.29, 0.717) is 5.75 Å². The Morgan fingerprint density at radius 2 is 1.95 bits per heavy atom. The highest BCUT2D eigenvalue weighted by molar-refractivity contribution is 7.68. The van der Waals surface area contributed by atoms with Crippen LogP contribution in [0.25, 0.3) is 16.3 Å². The molecule has 2 aliphatic rings. The Hall–Kier alpha value is -1.53. The first-order valence-corrected chi connectivity index (χ1v) is 9.44. The number of benzene rings is 2. The van der Waals surface area contributed by atoms with Crippen LogP contribution in [0, 0.1) is 0 Å². The fourth-order valence-electron chi connectivity index (χ4n) is 3.74. The molecule has 1 aliphatic carbocycles. The molecule has 4 rings (SSSR count). The average Bonchev–Trinajstić information content (AvgIpc) is 2.74. The molecular formula is C17H17O2P. The van der Waals surface area contributed by atoms with Crippen molar-refractivity contribution in [2.24, 2.45) is 0 Å². The molecule has 1 unspecified atom stereocenters. The van der Waals surface area contributed by atoms with Crippen LogP contribution >= 0.6 is 7.14 Å². The van der Waals surface area contributed by atoms with Crippen LogP contribution in [0.1, 0.15) is 24.0 Å². The van der Waals surface area contributed by atoms with Gasteiger partial charge in [0.1, 0.15) is 12.9 Å². The van der Waals surface area contributed by atoms with Crippen molar-refractivity contribution in [3.8, 4) is 5.75 Å². The van der Waals surface area contributed by atoms with Gasteiger partial charge in [-0.25, -0.2) is 0 Å². The summed E-state index contributed by atoms with van der Waals surface area (Å²) in [5.41, 5.74) is 4.00. The van der Waals surface area contributed by atoms with E-state index in [-0.39, 0.29) is 0 Å². The lowest BCUT2D eigenvalue weighted by molar-refractivity contribution is 0.476. The molecule has 3 heteroatoms. The number of allylic oxidation sites excluding steroid dienone is 2. The molecule has 1 heterocycles. The predicted molar refractivity (Wildman–Crippen MR) is 83.9 cm³/mol. The normalized spacial score (nSPS) is 24.9. The van der Waals surface area contributed by atoms with E-state index in [1.807, 2.05) is 18.8 Å².